The Morgan fingerprint density at radius 1 is 1.69 bits per heavy atom. The molecule has 0 amide bonds. The van der Waals surface area contributed by atoms with Crippen molar-refractivity contribution in [1.29, 1.82) is 0 Å². The van der Waals surface area contributed by atoms with Gasteiger partial charge in [-0.1, -0.05) is 6.92 Å². The molecule has 4 nitrogen and oxygen atoms in total. The van der Waals surface area contributed by atoms with Gasteiger partial charge in [0.25, 0.3) is 0 Å². The number of thioether (sulfide) groups is 1. The van der Waals surface area contributed by atoms with E-state index in [1.54, 1.807) is 23.1 Å². The number of aliphatic hydroxyl groups is 1. The summed E-state index contributed by atoms with van der Waals surface area (Å²) in [5, 5.41) is 12.2. The molecule has 2 aromatic heterocycles. The van der Waals surface area contributed by atoms with Crippen molar-refractivity contribution in [3.63, 3.8) is 0 Å². The molecule has 88 valence electrons. The fourth-order valence-corrected chi connectivity index (χ4v) is 3.38. The first-order valence-electron chi connectivity index (χ1n) is 5.18. The summed E-state index contributed by atoms with van der Waals surface area (Å²) in [5.41, 5.74) is 6.81. The molecule has 2 rings (SSSR count). The monoisotopic (exact) mass is 257 g/mol. The Hall–Kier alpha value is -0.560. The van der Waals surface area contributed by atoms with Gasteiger partial charge in [-0.05, 0) is 6.42 Å². The highest BCUT2D eigenvalue weighted by atomic mass is 32.2. The molecule has 16 heavy (non-hydrogen) atoms. The molecule has 0 radical (unpaired) electrons. The van der Waals surface area contributed by atoms with Crippen molar-refractivity contribution in [1.82, 2.24) is 9.38 Å². The van der Waals surface area contributed by atoms with Crippen LogP contribution in [-0.4, -0.2) is 26.3 Å². The van der Waals surface area contributed by atoms with E-state index in [4.69, 9.17) is 10.8 Å². The maximum absolute atomic E-state index is 8.88. The van der Waals surface area contributed by atoms with E-state index < -0.39 is 0 Å². The van der Waals surface area contributed by atoms with Gasteiger partial charge in [-0.25, -0.2) is 4.98 Å². The van der Waals surface area contributed by atoms with Gasteiger partial charge in [-0.3, -0.25) is 4.40 Å². The summed E-state index contributed by atoms with van der Waals surface area (Å²) in [4.78, 5) is 5.53. The van der Waals surface area contributed by atoms with Gasteiger partial charge in [0.2, 0.25) is 0 Å². The minimum Gasteiger partial charge on any atom is -0.396 e. The average molecular weight is 257 g/mol. The molecule has 1 unspecified atom stereocenters. The number of nitrogens with two attached hydrogens (primary N) is 1. The van der Waals surface area contributed by atoms with Crippen LogP contribution in [0.5, 0.6) is 0 Å². The summed E-state index contributed by atoms with van der Waals surface area (Å²) < 4.78 is 2.04. The number of thiazole rings is 1. The lowest BCUT2D eigenvalue weighted by atomic mass is 10.3. The maximum atomic E-state index is 8.88. The lowest BCUT2D eigenvalue weighted by molar-refractivity contribution is 0.289. The van der Waals surface area contributed by atoms with Crippen LogP contribution in [-0.2, 0) is 6.54 Å². The van der Waals surface area contributed by atoms with E-state index in [0.717, 1.165) is 22.1 Å². The normalized spacial score (nSPS) is 13.4. The standard InChI is InChI=1S/C10H15N3OS2/c1-7(2-4-14)16-9-8(6-11)13-3-5-15-10(13)12-9/h3,5,7,14H,2,4,6,11H2,1H3. The molecular weight excluding hydrogens is 242 g/mol. The number of nitrogens with zero attached hydrogens (tertiary/aromatic N) is 2. The van der Waals surface area contributed by atoms with Crippen LogP contribution in [0.1, 0.15) is 19.0 Å². The average Bonchev–Trinajstić information content (AvgIpc) is 2.77. The molecule has 0 aromatic carbocycles. The molecule has 6 heteroatoms. The van der Waals surface area contributed by atoms with Crippen molar-refractivity contribution < 1.29 is 5.11 Å². The Balaban J connectivity index is 2.25. The Kier molecular flexibility index (Phi) is 3.86. The molecule has 2 heterocycles. The van der Waals surface area contributed by atoms with Crippen LogP contribution >= 0.6 is 23.1 Å². The van der Waals surface area contributed by atoms with Crippen LogP contribution in [0.2, 0.25) is 0 Å². The maximum Gasteiger partial charge on any atom is 0.194 e. The zero-order valence-corrected chi connectivity index (χ0v) is 10.7. The minimum atomic E-state index is 0.217. The highest BCUT2D eigenvalue weighted by Crippen LogP contribution is 2.29. The fraction of sp³-hybridized carbons (Fsp3) is 0.500. The highest BCUT2D eigenvalue weighted by Gasteiger charge is 2.14. The van der Waals surface area contributed by atoms with Gasteiger partial charge in [0.15, 0.2) is 4.96 Å². The van der Waals surface area contributed by atoms with Crippen LogP contribution < -0.4 is 5.73 Å². The largest absolute Gasteiger partial charge is 0.396 e. The second-order valence-corrected chi connectivity index (χ2v) is 5.86. The van der Waals surface area contributed by atoms with Gasteiger partial charge in [-0.2, -0.15) is 0 Å². The van der Waals surface area contributed by atoms with Crippen LogP contribution in [0, 0.1) is 0 Å². The third kappa shape index (κ3) is 2.24. The van der Waals surface area contributed by atoms with Crippen LogP contribution in [0.3, 0.4) is 0 Å². The molecule has 2 aromatic rings. The summed E-state index contributed by atoms with van der Waals surface area (Å²) in [6, 6.07) is 0. The number of hydrogen-bond acceptors (Lipinski definition) is 5. The Bertz CT molecular complexity index is 466. The summed E-state index contributed by atoms with van der Waals surface area (Å²) in [6.07, 6.45) is 2.77. The third-order valence-corrected chi connectivity index (χ3v) is 4.31. The van der Waals surface area contributed by atoms with Gasteiger partial charge >= 0.3 is 0 Å². The topological polar surface area (TPSA) is 63.5 Å². The minimum absolute atomic E-state index is 0.217. The van der Waals surface area contributed by atoms with E-state index in [2.05, 4.69) is 11.9 Å². The summed E-state index contributed by atoms with van der Waals surface area (Å²) in [7, 11) is 0. The molecule has 0 saturated carbocycles. The van der Waals surface area contributed by atoms with Crippen LogP contribution in [0.25, 0.3) is 4.96 Å². The summed E-state index contributed by atoms with van der Waals surface area (Å²) in [6.45, 7) is 2.80. The molecule has 0 spiro atoms. The lowest BCUT2D eigenvalue weighted by Crippen LogP contribution is -2.04. The second kappa shape index (κ2) is 5.18. The van der Waals surface area contributed by atoms with E-state index in [0.29, 0.717) is 11.8 Å². The van der Waals surface area contributed by atoms with E-state index >= 15 is 0 Å². The zero-order valence-electron chi connectivity index (χ0n) is 9.09. The Morgan fingerprint density at radius 3 is 3.19 bits per heavy atom. The van der Waals surface area contributed by atoms with E-state index in [-0.39, 0.29) is 6.61 Å². The molecule has 3 N–H and O–H groups in total. The number of aliphatic hydroxyl groups excluding tert-OH is 1. The fourth-order valence-electron chi connectivity index (χ4n) is 1.52. The van der Waals surface area contributed by atoms with Crippen molar-refractivity contribution in [3.05, 3.63) is 17.3 Å². The molecule has 0 aliphatic carbocycles. The molecule has 0 fully saturated rings. The van der Waals surface area contributed by atoms with Gasteiger partial charge in [-0.15, -0.1) is 23.1 Å². The van der Waals surface area contributed by atoms with Gasteiger partial charge in [0.1, 0.15) is 5.03 Å². The number of hydrogen-bond donors (Lipinski definition) is 2. The SMILES string of the molecule is CC(CCO)Sc1nc2sccn2c1CN. The zero-order chi connectivity index (χ0) is 11.5. The van der Waals surface area contributed by atoms with E-state index in [1.807, 2.05) is 16.0 Å². The molecule has 1 atom stereocenters. The predicted octanol–water partition coefficient (Wildman–Crippen LogP) is 1.72. The van der Waals surface area contributed by atoms with Gasteiger partial charge in [0.05, 0.1) is 5.69 Å². The first-order chi connectivity index (χ1) is 7.76. The van der Waals surface area contributed by atoms with Gasteiger partial charge < -0.3 is 10.8 Å². The summed E-state index contributed by atoms with van der Waals surface area (Å²) >= 11 is 3.30. The number of fused-ring (bicyclic) bond motifs is 1. The van der Waals surface area contributed by atoms with E-state index in [1.165, 1.54) is 0 Å². The van der Waals surface area contributed by atoms with E-state index in [9.17, 15) is 0 Å². The van der Waals surface area contributed by atoms with Crippen LogP contribution in [0.4, 0.5) is 0 Å². The van der Waals surface area contributed by atoms with Crippen molar-refractivity contribution >= 4 is 28.1 Å². The van der Waals surface area contributed by atoms with Gasteiger partial charge in [0, 0.05) is 30.0 Å². The van der Waals surface area contributed by atoms with Crippen molar-refractivity contribution in [2.75, 3.05) is 6.61 Å². The molecule has 0 saturated heterocycles. The Labute approximate surface area is 102 Å². The molecule has 0 bridgehead atoms. The van der Waals surface area contributed by atoms with Crippen molar-refractivity contribution in [2.24, 2.45) is 5.73 Å². The number of aromatic nitrogens is 2. The number of rotatable bonds is 5. The molecule has 0 aliphatic rings. The smallest absolute Gasteiger partial charge is 0.194 e. The second-order valence-electron chi connectivity index (χ2n) is 3.56. The predicted molar refractivity (Wildman–Crippen MR) is 68.0 cm³/mol. The molecular formula is C10H15N3OS2. The lowest BCUT2D eigenvalue weighted by Gasteiger charge is -2.08. The Morgan fingerprint density at radius 2 is 2.50 bits per heavy atom. The first-order valence-corrected chi connectivity index (χ1v) is 6.94. The molecule has 0 aliphatic heterocycles. The third-order valence-electron chi connectivity index (χ3n) is 2.37. The first kappa shape index (κ1) is 11.9. The van der Waals surface area contributed by atoms with Crippen molar-refractivity contribution in [3.8, 4) is 0 Å². The number of imidazole rings is 1. The quantitative estimate of drug-likeness (QED) is 0.801. The summed E-state index contributed by atoms with van der Waals surface area (Å²) in [5.74, 6) is 0. The van der Waals surface area contributed by atoms with Crippen LogP contribution in [0.15, 0.2) is 16.6 Å². The van der Waals surface area contributed by atoms with Crippen molar-refractivity contribution in [2.45, 2.75) is 30.2 Å². The highest BCUT2D eigenvalue weighted by molar-refractivity contribution is 7.99.